The van der Waals surface area contributed by atoms with Crippen LogP contribution in [-0.2, 0) is 6.54 Å². The van der Waals surface area contributed by atoms with Gasteiger partial charge >= 0.3 is 0 Å². The van der Waals surface area contributed by atoms with Crippen LogP contribution in [0.5, 0.6) is 0 Å². The summed E-state index contributed by atoms with van der Waals surface area (Å²) in [7, 11) is 0. The first-order chi connectivity index (χ1) is 10.3. The Labute approximate surface area is 126 Å². The molecule has 21 heavy (non-hydrogen) atoms. The van der Waals surface area contributed by atoms with Crippen molar-refractivity contribution in [2.75, 3.05) is 0 Å². The number of aromatic nitrogens is 2. The maximum absolute atomic E-state index is 12.1. The van der Waals surface area contributed by atoms with Gasteiger partial charge in [-0.25, -0.2) is 0 Å². The van der Waals surface area contributed by atoms with Crippen molar-refractivity contribution in [3.8, 4) is 10.6 Å². The standard InChI is InChI=1S/C16H13N3OS/c20-16(19-11-12-4-3-8-17-10-12)15-7-6-14(21-15)13-5-1-2-9-18-13/h1-10H,11H2,(H,19,20). The molecular formula is C16H13N3OS. The van der Waals surface area contributed by atoms with Crippen molar-refractivity contribution in [3.05, 3.63) is 71.5 Å². The maximum atomic E-state index is 12.1. The third-order valence-corrected chi connectivity index (χ3v) is 4.03. The molecule has 3 aromatic heterocycles. The number of amides is 1. The molecule has 3 aromatic rings. The van der Waals surface area contributed by atoms with E-state index in [1.54, 1.807) is 18.6 Å². The number of rotatable bonds is 4. The van der Waals surface area contributed by atoms with Crippen molar-refractivity contribution in [2.24, 2.45) is 0 Å². The first kappa shape index (κ1) is 13.5. The van der Waals surface area contributed by atoms with E-state index in [1.165, 1.54) is 11.3 Å². The SMILES string of the molecule is O=C(NCc1cccnc1)c1ccc(-c2ccccn2)s1. The summed E-state index contributed by atoms with van der Waals surface area (Å²) < 4.78 is 0. The van der Waals surface area contributed by atoms with Gasteiger partial charge < -0.3 is 5.32 Å². The highest BCUT2D eigenvalue weighted by atomic mass is 32.1. The summed E-state index contributed by atoms with van der Waals surface area (Å²) >= 11 is 1.44. The van der Waals surface area contributed by atoms with Gasteiger partial charge in [-0.3, -0.25) is 14.8 Å². The highest BCUT2D eigenvalue weighted by Gasteiger charge is 2.10. The summed E-state index contributed by atoms with van der Waals surface area (Å²) in [5.41, 5.74) is 1.86. The lowest BCUT2D eigenvalue weighted by molar-refractivity contribution is 0.0955. The Morgan fingerprint density at radius 1 is 1.10 bits per heavy atom. The summed E-state index contributed by atoms with van der Waals surface area (Å²) in [6.45, 7) is 0.476. The van der Waals surface area contributed by atoms with Gasteiger partial charge in [0.15, 0.2) is 0 Å². The van der Waals surface area contributed by atoms with Crippen LogP contribution in [0.1, 0.15) is 15.2 Å². The van der Waals surface area contributed by atoms with E-state index in [1.807, 2.05) is 42.5 Å². The molecule has 0 aliphatic carbocycles. The molecule has 4 nitrogen and oxygen atoms in total. The highest BCUT2D eigenvalue weighted by molar-refractivity contribution is 7.17. The third-order valence-electron chi connectivity index (χ3n) is 2.92. The van der Waals surface area contributed by atoms with Crippen LogP contribution in [-0.4, -0.2) is 15.9 Å². The van der Waals surface area contributed by atoms with Crippen molar-refractivity contribution < 1.29 is 4.79 Å². The maximum Gasteiger partial charge on any atom is 0.261 e. The lowest BCUT2D eigenvalue weighted by atomic mass is 10.3. The van der Waals surface area contributed by atoms with Crippen LogP contribution in [0, 0.1) is 0 Å². The number of pyridine rings is 2. The van der Waals surface area contributed by atoms with Gasteiger partial charge in [0.05, 0.1) is 15.4 Å². The van der Waals surface area contributed by atoms with Gasteiger partial charge in [0.25, 0.3) is 5.91 Å². The minimum atomic E-state index is -0.0777. The Balaban J connectivity index is 1.67. The van der Waals surface area contributed by atoms with E-state index in [0.717, 1.165) is 16.1 Å². The Hall–Kier alpha value is -2.53. The molecule has 104 valence electrons. The zero-order valence-corrected chi connectivity index (χ0v) is 12.0. The monoisotopic (exact) mass is 295 g/mol. The topological polar surface area (TPSA) is 54.9 Å². The lowest BCUT2D eigenvalue weighted by Gasteiger charge is -2.02. The Bertz CT molecular complexity index is 726. The summed E-state index contributed by atoms with van der Waals surface area (Å²) in [5.74, 6) is -0.0777. The minimum absolute atomic E-state index is 0.0777. The molecule has 0 atom stereocenters. The van der Waals surface area contributed by atoms with Gasteiger partial charge in [-0.1, -0.05) is 12.1 Å². The molecule has 1 amide bonds. The van der Waals surface area contributed by atoms with Crippen LogP contribution in [0.25, 0.3) is 10.6 Å². The third kappa shape index (κ3) is 3.32. The molecule has 0 fully saturated rings. The van der Waals surface area contributed by atoms with Crippen LogP contribution >= 0.6 is 11.3 Å². The predicted octanol–water partition coefficient (Wildman–Crippen LogP) is 3.14. The van der Waals surface area contributed by atoms with Crippen LogP contribution in [0.2, 0.25) is 0 Å². The second kappa shape index (κ2) is 6.28. The van der Waals surface area contributed by atoms with Gasteiger partial charge in [0.2, 0.25) is 0 Å². The molecule has 1 N–H and O–H groups in total. The van der Waals surface area contributed by atoms with Crippen molar-refractivity contribution >= 4 is 17.2 Å². The van der Waals surface area contributed by atoms with E-state index in [9.17, 15) is 4.79 Å². The smallest absolute Gasteiger partial charge is 0.261 e. The minimum Gasteiger partial charge on any atom is -0.347 e. The predicted molar refractivity (Wildman–Crippen MR) is 83.0 cm³/mol. The van der Waals surface area contributed by atoms with E-state index < -0.39 is 0 Å². The zero-order chi connectivity index (χ0) is 14.5. The first-order valence-electron chi connectivity index (χ1n) is 6.51. The molecule has 0 saturated carbocycles. The molecule has 5 heteroatoms. The second-order valence-corrected chi connectivity index (χ2v) is 5.51. The number of carbonyl (C=O) groups excluding carboxylic acids is 1. The molecule has 0 radical (unpaired) electrons. The quantitative estimate of drug-likeness (QED) is 0.804. The van der Waals surface area contributed by atoms with Crippen molar-refractivity contribution in [2.45, 2.75) is 6.54 Å². The number of hydrogen-bond acceptors (Lipinski definition) is 4. The first-order valence-corrected chi connectivity index (χ1v) is 7.33. The fourth-order valence-electron chi connectivity index (χ4n) is 1.88. The summed E-state index contributed by atoms with van der Waals surface area (Å²) in [4.78, 5) is 22.1. The van der Waals surface area contributed by atoms with Crippen LogP contribution in [0.4, 0.5) is 0 Å². The van der Waals surface area contributed by atoms with Gasteiger partial charge in [0, 0.05) is 25.1 Å². The van der Waals surface area contributed by atoms with E-state index in [4.69, 9.17) is 0 Å². The highest BCUT2D eigenvalue weighted by Crippen LogP contribution is 2.26. The average molecular weight is 295 g/mol. The van der Waals surface area contributed by atoms with E-state index >= 15 is 0 Å². The van der Waals surface area contributed by atoms with Crippen LogP contribution < -0.4 is 5.32 Å². The van der Waals surface area contributed by atoms with E-state index in [0.29, 0.717) is 11.4 Å². The van der Waals surface area contributed by atoms with Gasteiger partial charge in [-0.05, 0) is 35.9 Å². The van der Waals surface area contributed by atoms with Gasteiger partial charge in [0.1, 0.15) is 0 Å². The number of nitrogens with zero attached hydrogens (tertiary/aromatic N) is 2. The van der Waals surface area contributed by atoms with Crippen molar-refractivity contribution in [3.63, 3.8) is 0 Å². The Morgan fingerprint density at radius 3 is 2.81 bits per heavy atom. The summed E-state index contributed by atoms with van der Waals surface area (Å²) in [5, 5.41) is 2.89. The fourth-order valence-corrected chi connectivity index (χ4v) is 2.78. The van der Waals surface area contributed by atoms with Gasteiger partial charge in [-0.2, -0.15) is 0 Å². The molecule has 0 aliphatic rings. The summed E-state index contributed by atoms with van der Waals surface area (Å²) in [6.07, 6.45) is 5.20. The summed E-state index contributed by atoms with van der Waals surface area (Å²) in [6, 6.07) is 13.3. The largest absolute Gasteiger partial charge is 0.347 e. The molecule has 3 heterocycles. The normalized spacial score (nSPS) is 10.3. The molecular weight excluding hydrogens is 282 g/mol. The molecule has 0 aromatic carbocycles. The number of thiophene rings is 1. The van der Waals surface area contributed by atoms with Crippen molar-refractivity contribution in [1.29, 1.82) is 0 Å². The van der Waals surface area contributed by atoms with E-state index in [-0.39, 0.29) is 5.91 Å². The van der Waals surface area contributed by atoms with Crippen LogP contribution in [0.15, 0.2) is 61.1 Å². The second-order valence-electron chi connectivity index (χ2n) is 4.42. The number of carbonyl (C=O) groups is 1. The molecule has 3 rings (SSSR count). The number of nitrogens with one attached hydrogen (secondary N) is 1. The Kier molecular flexibility index (Phi) is 4.02. The average Bonchev–Trinajstić information content (AvgIpc) is 3.04. The molecule has 0 aliphatic heterocycles. The zero-order valence-electron chi connectivity index (χ0n) is 11.2. The Morgan fingerprint density at radius 2 is 2.05 bits per heavy atom. The number of hydrogen-bond donors (Lipinski definition) is 1. The molecule has 0 bridgehead atoms. The lowest BCUT2D eigenvalue weighted by Crippen LogP contribution is -2.21. The van der Waals surface area contributed by atoms with Crippen LogP contribution in [0.3, 0.4) is 0 Å². The molecule has 0 unspecified atom stereocenters. The fraction of sp³-hybridized carbons (Fsp3) is 0.0625. The van der Waals surface area contributed by atoms with Gasteiger partial charge in [-0.15, -0.1) is 11.3 Å². The molecule has 0 spiro atoms. The molecule has 0 saturated heterocycles. The van der Waals surface area contributed by atoms with Crippen molar-refractivity contribution in [1.82, 2.24) is 15.3 Å². The van der Waals surface area contributed by atoms with E-state index in [2.05, 4.69) is 15.3 Å².